The van der Waals surface area contributed by atoms with Gasteiger partial charge in [-0.2, -0.15) is 0 Å². The van der Waals surface area contributed by atoms with Crippen molar-refractivity contribution in [1.29, 1.82) is 0 Å². The number of aromatic nitrogens is 1. The highest BCUT2D eigenvalue weighted by atomic mass is 16.5. The van der Waals surface area contributed by atoms with E-state index < -0.39 is 5.54 Å². The summed E-state index contributed by atoms with van der Waals surface area (Å²) >= 11 is 0. The Bertz CT molecular complexity index is 347. The number of ether oxygens (including phenoxy) is 2. The van der Waals surface area contributed by atoms with E-state index in [0.29, 0.717) is 6.61 Å². The topological polar surface area (TPSA) is 57.4 Å². The lowest BCUT2D eigenvalue weighted by atomic mass is 9.87. The first kappa shape index (κ1) is 11.4. The summed E-state index contributed by atoms with van der Waals surface area (Å²) in [4.78, 5) is 4.38. The number of nitrogens with zero attached hydrogens (tertiary/aromatic N) is 1. The summed E-state index contributed by atoms with van der Waals surface area (Å²) in [6.07, 6.45) is 4.41. The van der Waals surface area contributed by atoms with Crippen molar-refractivity contribution in [1.82, 2.24) is 4.98 Å². The maximum absolute atomic E-state index is 6.43. The van der Waals surface area contributed by atoms with Crippen LogP contribution in [-0.2, 0) is 10.3 Å². The minimum atomic E-state index is -0.414. The molecule has 4 nitrogen and oxygen atoms in total. The smallest absolute Gasteiger partial charge is 0.142 e. The molecule has 1 saturated heterocycles. The molecule has 2 heterocycles. The van der Waals surface area contributed by atoms with Gasteiger partial charge in [0.1, 0.15) is 11.4 Å². The SMILES string of the molecule is COc1cccnc1C1(N)CCCOCC1. The monoisotopic (exact) mass is 222 g/mol. The summed E-state index contributed by atoms with van der Waals surface area (Å²) in [5.74, 6) is 0.770. The third-order valence-corrected chi connectivity index (χ3v) is 3.07. The fourth-order valence-corrected chi connectivity index (χ4v) is 2.14. The molecule has 2 rings (SSSR count). The molecule has 0 aliphatic carbocycles. The minimum Gasteiger partial charge on any atom is -0.495 e. The van der Waals surface area contributed by atoms with Crippen molar-refractivity contribution < 1.29 is 9.47 Å². The fourth-order valence-electron chi connectivity index (χ4n) is 2.14. The van der Waals surface area contributed by atoms with Gasteiger partial charge in [0.25, 0.3) is 0 Å². The average molecular weight is 222 g/mol. The van der Waals surface area contributed by atoms with Crippen molar-refractivity contribution in [2.45, 2.75) is 24.8 Å². The van der Waals surface area contributed by atoms with Crippen molar-refractivity contribution in [3.05, 3.63) is 24.0 Å². The highest BCUT2D eigenvalue weighted by Gasteiger charge is 2.32. The number of hydrogen-bond acceptors (Lipinski definition) is 4. The molecule has 88 valence electrons. The summed E-state index contributed by atoms with van der Waals surface area (Å²) in [5, 5.41) is 0. The predicted molar refractivity (Wildman–Crippen MR) is 61.3 cm³/mol. The van der Waals surface area contributed by atoms with Crippen LogP contribution in [0.1, 0.15) is 25.0 Å². The van der Waals surface area contributed by atoms with Gasteiger partial charge in [0.15, 0.2) is 0 Å². The normalized spacial score (nSPS) is 26.1. The molecule has 2 N–H and O–H groups in total. The first-order chi connectivity index (χ1) is 7.76. The lowest BCUT2D eigenvalue weighted by Gasteiger charge is -2.28. The molecule has 1 aliphatic rings. The van der Waals surface area contributed by atoms with Gasteiger partial charge in [0, 0.05) is 19.4 Å². The van der Waals surface area contributed by atoms with Gasteiger partial charge in [-0.15, -0.1) is 0 Å². The summed E-state index contributed by atoms with van der Waals surface area (Å²) in [6.45, 7) is 1.48. The van der Waals surface area contributed by atoms with Crippen LogP contribution >= 0.6 is 0 Å². The van der Waals surface area contributed by atoms with E-state index in [1.807, 2.05) is 12.1 Å². The van der Waals surface area contributed by atoms with Gasteiger partial charge in [-0.3, -0.25) is 4.98 Å². The van der Waals surface area contributed by atoms with Gasteiger partial charge < -0.3 is 15.2 Å². The number of pyridine rings is 1. The minimum absolute atomic E-state index is 0.414. The molecular weight excluding hydrogens is 204 g/mol. The van der Waals surface area contributed by atoms with Gasteiger partial charge in [0.05, 0.1) is 12.6 Å². The number of rotatable bonds is 2. The van der Waals surface area contributed by atoms with E-state index >= 15 is 0 Å². The number of hydrogen-bond donors (Lipinski definition) is 1. The molecule has 0 bridgehead atoms. The molecule has 1 aromatic heterocycles. The van der Waals surface area contributed by atoms with Gasteiger partial charge in [-0.1, -0.05) is 0 Å². The molecule has 0 radical (unpaired) electrons. The Morgan fingerprint density at radius 3 is 3.12 bits per heavy atom. The molecule has 0 amide bonds. The van der Waals surface area contributed by atoms with Crippen LogP contribution in [0.5, 0.6) is 5.75 Å². The van der Waals surface area contributed by atoms with E-state index in [1.165, 1.54) is 0 Å². The lowest BCUT2D eigenvalue weighted by Crippen LogP contribution is -2.38. The summed E-state index contributed by atoms with van der Waals surface area (Å²) in [7, 11) is 1.65. The van der Waals surface area contributed by atoms with Gasteiger partial charge in [-0.25, -0.2) is 0 Å². The predicted octanol–water partition coefficient (Wildman–Crippen LogP) is 1.44. The van der Waals surface area contributed by atoms with E-state index in [1.54, 1.807) is 13.3 Å². The number of methoxy groups -OCH3 is 1. The maximum Gasteiger partial charge on any atom is 0.142 e. The Morgan fingerprint density at radius 2 is 2.31 bits per heavy atom. The Hall–Kier alpha value is -1.13. The van der Waals surface area contributed by atoms with Crippen molar-refractivity contribution in [3.8, 4) is 5.75 Å². The van der Waals surface area contributed by atoms with Crippen LogP contribution < -0.4 is 10.5 Å². The van der Waals surface area contributed by atoms with Crippen LogP contribution in [0.3, 0.4) is 0 Å². The largest absolute Gasteiger partial charge is 0.495 e. The zero-order chi connectivity index (χ0) is 11.4. The first-order valence-electron chi connectivity index (χ1n) is 5.62. The maximum atomic E-state index is 6.43. The van der Waals surface area contributed by atoms with E-state index in [-0.39, 0.29) is 0 Å². The van der Waals surface area contributed by atoms with E-state index in [4.69, 9.17) is 15.2 Å². The molecule has 1 aromatic rings. The molecule has 1 aliphatic heterocycles. The van der Waals surface area contributed by atoms with Crippen LogP contribution in [0.4, 0.5) is 0 Å². The second-order valence-electron chi connectivity index (χ2n) is 4.18. The first-order valence-corrected chi connectivity index (χ1v) is 5.62. The van der Waals surface area contributed by atoms with Crippen LogP contribution in [0, 0.1) is 0 Å². The van der Waals surface area contributed by atoms with Gasteiger partial charge in [-0.05, 0) is 31.4 Å². The standard InChI is InChI=1S/C12H18N2O2/c1-15-10-4-2-7-14-11(10)12(13)5-3-8-16-9-6-12/h2,4,7H,3,5-6,8-9,13H2,1H3. The highest BCUT2D eigenvalue weighted by molar-refractivity contribution is 5.32. The molecule has 0 saturated carbocycles. The second kappa shape index (κ2) is 4.80. The molecule has 4 heteroatoms. The van der Waals surface area contributed by atoms with Crippen LogP contribution in [0.2, 0.25) is 0 Å². The highest BCUT2D eigenvalue weighted by Crippen LogP contribution is 2.33. The van der Waals surface area contributed by atoms with Gasteiger partial charge in [0.2, 0.25) is 0 Å². The Balaban J connectivity index is 2.32. The van der Waals surface area contributed by atoms with Crippen molar-refractivity contribution in [2.24, 2.45) is 5.73 Å². The van der Waals surface area contributed by atoms with Crippen LogP contribution in [0.25, 0.3) is 0 Å². The zero-order valence-electron chi connectivity index (χ0n) is 9.61. The van der Waals surface area contributed by atoms with E-state index in [9.17, 15) is 0 Å². The summed E-state index contributed by atoms with van der Waals surface area (Å²) < 4.78 is 10.8. The fraction of sp³-hybridized carbons (Fsp3) is 0.583. The van der Waals surface area contributed by atoms with Crippen LogP contribution in [-0.4, -0.2) is 25.3 Å². The van der Waals surface area contributed by atoms with E-state index in [2.05, 4.69) is 4.98 Å². The summed E-state index contributed by atoms with van der Waals surface area (Å²) in [5.41, 5.74) is 6.87. The second-order valence-corrected chi connectivity index (χ2v) is 4.18. The molecule has 1 unspecified atom stereocenters. The zero-order valence-corrected chi connectivity index (χ0v) is 9.61. The molecule has 1 fully saturated rings. The van der Waals surface area contributed by atoms with Crippen molar-refractivity contribution in [3.63, 3.8) is 0 Å². The number of nitrogens with two attached hydrogens (primary N) is 1. The Labute approximate surface area is 95.8 Å². The van der Waals surface area contributed by atoms with Crippen molar-refractivity contribution in [2.75, 3.05) is 20.3 Å². The Kier molecular flexibility index (Phi) is 3.41. The molecule has 1 atom stereocenters. The van der Waals surface area contributed by atoms with Gasteiger partial charge >= 0.3 is 0 Å². The Morgan fingerprint density at radius 1 is 1.44 bits per heavy atom. The average Bonchev–Trinajstić information content (AvgIpc) is 2.55. The van der Waals surface area contributed by atoms with Crippen LogP contribution in [0.15, 0.2) is 18.3 Å². The molecular formula is C12H18N2O2. The molecule has 16 heavy (non-hydrogen) atoms. The summed E-state index contributed by atoms with van der Waals surface area (Å²) in [6, 6.07) is 3.77. The molecule has 0 aromatic carbocycles. The quantitative estimate of drug-likeness (QED) is 0.822. The third-order valence-electron chi connectivity index (χ3n) is 3.07. The van der Waals surface area contributed by atoms with Crippen molar-refractivity contribution >= 4 is 0 Å². The lowest BCUT2D eigenvalue weighted by molar-refractivity contribution is 0.139. The van der Waals surface area contributed by atoms with E-state index in [0.717, 1.165) is 37.3 Å². The molecule has 0 spiro atoms. The third kappa shape index (κ3) is 2.18.